The molecule has 0 radical (unpaired) electrons. The second-order valence-electron chi connectivity index (χ2n) is 5.43. The van der Waals surface area contributed by atoms with Gasteiger partial charge < -0.3 is 4.74 Å². The van der Waals surface area contributed by atoms with Crippen molar-refractivity contribution >= 4 is 17.3 Å². The molecule has 0 aliphatic carbocycles. The average Bonchev–Trinajstić information content (AvgIpc) is 2.81. The van der Waals surface area contributed by atoms with Gasteiger partial charge in [-0.2, -0.15) is 5.26 Å². The molecule has 1 N–H and O–H groups in total. The first-order chi connectivity index (χ1) is 9.42. The molecule has 1 aromatic heterocycles. The van der Waals surface area contributed by atoms with E-state index < -0.39 is 0 Å². The van der Waals surface area contributed by atoms with E-state index in [4.69, 9.17) is 10.00 Å². The van der Waals surface area contributed by atoms with Crippen LogP contribution in [0, 0.1) is 17.2 Å². The van der Waals surface area contributed by atoms with Crippen LogP contribution < -0.4 is 5.32 Å². The lowest BCUT2D eigenvalue weighted by Gasteiger charge is -2.20. The molecule has 0 fully saturated rings. The minimum absolute atomic E-state index is 0.106. The predicted octanol–water partition coefficient (Wildman–Crippen LogP) is 3.08. The lowest BCUT2D eigenvalue weighted by molar-refractivity contribution is -0.150. The highest BCUT2D eigenvalue weighted by atomic mass is 32.1. The Kier molecular flexibility index (Phi) is 6.69. The predicted molar refractivity (Wildman–Crippen MR) is 80.3 cm³/mol. The van der Waals surface area contributed by atoms with E-state index in [1.165, 1.54) is 11.3 Å². The van der Waals surface area contributed by atoms with Gasteiger partial charge in [-0.25, -0.2) is 0 Å². The number of hydrogen-bond acceptors (Lipinski definition) is 5. The molecule has 0 aliphatic heterocycles. The molecule has 0 aliphatic rings. The number of nitrogens with one attached hydrogen (secondary N) is 1. The Balaban J connectivity index is 2.60. The van der Waals surface area contributed by atoms with Crippen molar-refractivity contribution < 1.29 is 9.53 Å². The van der Waals surface area contributed by atoms with Crippen LogP contribution in [0.4, 0.5) is 0 Å². The summed E-state index contributed by atoms with van der Waals surface area (Å²) < 4.78 is 5.28. The fraction of sp³-hybridized carbons (Fsp3) is 0.600. The molecule has 110 valence electrons. The highest BCUT2D eigenvalue weighted by molar-refractivity contribution is 7.12. The fourth-order valence-corrected chi connectivity index (χ4v) is 2.56. The van der Waals surface area contributed by atoms with E-state index in [0.717, 1.165) is 11.3 Å². The van der Waals surface area contributed by atoms with Crippen molar-refractivity contribution in [2.75, 3.05) is 0 Å². The number of carbonyl (C=O) groups excluding carboxylic acids is 1. The summed E-state index contributed by atoms with van der Waals surface area (Å²) in [6.45, 7) is 8.44. The maximum absolute atomic E-state index is 12.0. The molecular formula is C15H22N2O2S. The fourth-order valence-electron chi connectivity index (χ4n) is 1.81. The first-order valence-electron chi connectivity index (χ1n) is 6.85. The van der Waals surface area contributed by atoms with Gasteiger partial charge in [0.1, 0.15) is 17.0 Å². The SMILES string of the molecule is CC(C)C[C@H](NCc1ccc(C#N)s1)C(=O)OC(C)C. The summed E-state index contributed by atoms with van der Waals surface area (Å²) in [7, 11) is 0. The molecule has 1 atom stereocenters. The van der Waals surface area contributed by atoms with Gasteiger partial charge in [0.25, 0.3) is 0 Å². The maximum Gasteiger partial charge on any atom is 0.323 e. The van der Waals surface area contributed by atoms with Gasteiger partial charge in [0.05, 0.1) is 6.10 Å². The van der Waals surface area contributed by atoms with Crippen molar-refractivity contribution in [1.29, 1.82) is 5.26 Å². The van der Waals surface area contributed by atoms with Gasteiger partial charge in [-0.1, -0.05) is 13.8 Å². The monoisotopic (exact) mass is 294 g/mol. The number of rotatable bonds is 7. The van der Waals surface area contributed by atoms with E-state index in [-0.39, 0.29) is 18.1 Å². The summed E-state index contributed by atoms with van der Waals surface area (Å²) >= 11 is 1.44. The van der Waals surface area contributed by atoms with E-state index in [2.05, 4.69) is 25.2 Å². The Morgan fingerprint density at radius 3 is 2.60 bits per heavy atom. The molecule has 20 heavy (non-hydrogen) atoms. The Hall–Kier alpha value is -1.38. The number of ether oxygens (including phenoxy) is 1. The van der Waals surface area contributed by atoms with E-state index in [9.17, 15) is 4.79 Å². The molecule has 5 heteroatoms. The molecule has 1 aromatic rings. The van der Waals surface area contributed by atoms with Crippen molar-refractivity contribution in [3.8, 4) is 6.07 Å². The zero-order chi connectivity index (χ0) is 15.1. The molecule has 0 aromatic carbocycles. The Morgan fingerprint density at radius 1 is 1.40 bits per heavy atom. The van der Waals surface area contributed by atoms with Crippen LogP contribution in [-0.4, -0.2) is 18.1 Å². The number of carbonyl (C=O) groups is 1. The maximum atomic E-state index is 12.0. The van der Waals surface area contributed by atoms with E-state index >= 15 is 0 Å². The Labute approximate surface area is 124 Å². The van der Waals surface area contributed by atoms with Crippen molar-refractivity contribution in [1.82, 2.24) is 5.32 Å². The third-order valence-electron chi connectivity index (χ3n) is 2.64. The summed E-state index contributed by atoms with van der Waals surface area (Å²) in [4.78, 5) is 13.8. The molecule has 0 saturated heterocycles. The normalized spacial score (nSPS) is 12.4. The number of nitrogens with zero attached hydrogens (tertiary/aromatic N) is 1. The first-order valence-corrected chi connectivity index (χ1v) is 7.66. The van der Waals surface area contributed by atoms with Gasteiger partial charge in [0, 0.05) is 11.4 Å². The number of nitriles is 1. The van der Waals surface area contributed by atoms with E-state index in [1.807, 2.05) is 19.9 Å². The van der Waals surface area contributed by atoms with Crippen LogP contribution in [0.5, 0.6) is 0 Å². The third kappa shape index (κ3) is 5.72. The number of esters is 1. The van der Waals surface area contributed by atoms with E-state index in [1.54, 1.807) is 6.07 Å². The molecule has 0 saturated carbocycles. The summed E-state index contributed by atoms with van der Waals surface area (Å²) in [5, 5.41) is 12.0. The van der Waals surface area contributed by atoms with Crippen LogP contribution in [0.3, 0.4) is 0 Å². The van der Waals surface area contributed by atoms with Crippen LogP contribution in [0.15, 0.2) is 12.1 Å². The topological polar surface area (TPSA) is 62.1 Å². The number of thiophene rings is 1. The van der Waals surface area contributed by atoms with Gasteiger partial charge in [-0.3, -0.25) is 10.1 Å². The number of hydrogen-bond donors (Lipinski definition) is 1. The Bertz CT molecular complexity index is 474. The van der Waals surface area contributed by atoms with Gasteiger partial charge in [-0.05, 0) is 38.3 Å². The third-order valence-corrected chi connectivity index (χ3v) is 3.63. The average molecular weight is 294 g/mol. The highest BCUT2D eigenvalue weighted by Gasteiger charge is 2.21. The molecule has 1 rings (SSSR count). The lowest BCUT2D eigenvalue weighted by Crippen LogP contribution is -2.39. The molecule has 0 amide bonds. The first kappa shape index (κ1) is 16.7. The van der Waals surface area contributed by atoms with Crippen molar-refractivity contribution in [2.45, 2.75) is 52.8 Å². The minimum atomic E-state index is -0.301. The van der Waals surface area contributed by atoms with Gasteiger partial charge in [0.2, 0.25) is 0 Å². The van der Waals surface area contributed by atoms with Crippen LogP contribution in [-0.2, 0) is 16.1 Å². The molecule has 1 heterocycles. The standard InChI is InChI=1S/C15H22N2O2S/c1-10(2)7-14(15(18)19-11(3)4)17-9-13-6-5-12(8-16)20-13/h5-6,10-11,14,17H,7,9H2,1-4H3/t14-/m0/s1. The Morgan fingerprint density at radius 2 is 2.10 bits per heavy atom. The molecular weight excluding hydrogens is 272 g/mol. The zero-order valence-electron chi connectivity index (χ0n) is 12.5. The van der Waals surface area contributed by atoms with E-state index in [0.29, 0.717) is 17.3 Å². The van der Waals surface area contributed by atoms with Gasteiger partial charge in [0.15, 0.2) is 0 Å². The smallest absolute Gasteiger partial charge is 0.323 e. The van der Waals surface area contributed by atoms with Crippen molar-refractivity contribution in [3.63, 3.8) is 0 Å². The minimum Gasteiger partial charge on any atom is -0.462 e. The second kappa shape index (κ2) is 8.03. The second-order valence-corrected chi connectivity index (χ2v) is 6.59. The summed E-state index contributed by atoms with van der Waals surface area (Å²) in [5.41, 5.74) is 0. The van der Waals surface area contributed by atoms with Crippen molar-refractivity contribution in [3.05, 3.63) is 21.9 Å². The largest absolute Gasteiger partial charge is 0.462 e. The van der Waals surface area contributed by atoms with Crippen molar-refractivity contribution in [2.24, 2.45) is 5.92 Å². The van der Waals surface area contributed by atoms with Gasteiger partial charge in [-0.15, -0.1) is 11.3 Å². The molecule has 0 bridgehead atoms. The van der Waals surface area contributed by atoms with Crippen LogP contribution in [0.25, 0.3) is 0 Å². The zero-order valence-corrected chi connectivity index (χ0v) is 13.3. The lowest BCUT2D eigenvalue weighted by atomic mass is 10.0. The van der Waals surface area contributed by atoms with Crippen LogP contribution in [0.2, 0.25) is 0 Å². The van der Waals surface area contributed by atoms with Crippen LogP contribution in [0.1, 0.15) is 43.9 Å². The summed E-state index contributed by atoms with van der Waals surface area (Å²) in [5.74, 6) is 0.205. The quantitative estimate of drug-likeness (QED) is 0.785. The highest BCUT2D eigenvalue weighted by Crippen LogP contribution is 2.16. The van der Waals surface area contributed by atoms with Crippen LogP contribution >= 0.6 is 11.3 Å². The summed E-state index contributed by atoms with van der Waals surface area (Å²) in [6, 6.07) is 5.52. The summed E-state index contributed by atoms with van der Waals surface area (Å²) in [6.07, 6.45) is 0.632. The molecule has 4 nitrogen and oxygen atoms in total. The molecule has 0 spiro atoms. The molecule has 0 unspecified atom stereocenters. The van der Waals surface area contributed by atoms with Gasteiger partial charge >= 0.3 is 5.97 Å².